The maximum absolute atomic E-state index is 13.4. The summed E-state index contributed by atoms with van der Waals surface area (Å²) in [5.74, 6) is -1.99. The van der Waals surface area contributed by atoms with Crippen LogP contribution in [0.4, 0.5) is 0 Å². The second-order valence-corrected chi connectivity index (χ2v) is 19.1. The second-order valence-electron chi connectivity index (χ2n) is 17.9. The number of hydrogen-bond donors (Lipinski definition) is 5. The van der Waals surface area contributed by atoms with Crippen molar-refractivity contribution >= 4 is 25.7 Å². The van der Waals surface area contributed by atoms with Crippen molar-refractivity contribution in [2.24, 2.45) is 0 Å². The molecule has 366 valence electrons. The molecule has 1 saturated heterocycles. The molecule has 0 bridgehead atoms. The first kappa shape index (κ1) is 58.4. The van der Waals surface area contributed by atoms with E-state index in [4.69, 9.17) is 18.7 Å². The van der Waals surface area contributed by atoms with E-state index >= 15 is 0 Å². The van der Waals surface area contributed by atoms with E-state index in [9.17, 15) is 38.9 Å². The van der Waals surface area contributed by atoms with Crippen LogP contribution in [0.15, 0.2) is 0 Å². The Bertz CT molecular complexity index is 1160. The highest BCUT2D eigenvalue weighted by Crippen LogP contribution is 2.42. The first-order valence-electron chi connectivity index (χ1n) is 25.3. The Kier molecular flexibility index (Phi) is 36.4. The van der Waals surface area contributed by atoms with Gasteiger partial charge in [0.1, 0.15) is 18.2 Å². The number of hydrogen-bond acceptors (Lipinski definition) is 10. The molecule has 1 rings (SSSR count). The van der Waals surface area contributed by atoms with Gasteiger partial charge in [-0.25, -0.2) is 4.57 Å². The number of rotatable bonds is 42. The fourth-order valence-corrected chi connectivity index (χ4v) is 8.82. The number of carbonyl (C=O) groups excluding carboxylic acids is 3. The molecule has 5 N–H and O–H groups in total. The van der Waals surface area contributed by atoms with Gasteiger partial charge >= 0.3 is 19.8 Å². The first-order chi connectivity index (χ1) is 29.9. The van der Waals surface area contributed by atoms with Crippen molar-refractivity contribution < 1.29 is 57.7 Å². The van der Waals surface area contributed by atoms with Gasteiger partial charge in [-0.05, 0) is 19.3 Å². The number of amides is 1. The number of esters is 2. The quantitative estimate of drug-likeness (QED) is 0.0221. The van der Waals surface area contributed by atoms with Gasteiger partial charge in [0, 0.05) is 12.8 Å². The predicted octanol–water partition coefficient (Wildman–Crippen LogP) is 11.2. The minimum atomic E-state index is -5.25. The molecule has 0 aromatic heterocycles. The summed E-state index contributed by atoms with van der Waals surface area (Å²) < 4.78 is 34.7. The number of carbonyl (C=O) groups is 3. The SMILES string of the molecule is CCCCCCCCCCCCCCCCCC(=O)O[C@H]1O[C@H](CO)[C@@H](OP(=O)(O)O)[C@H](OC(=O)CCCCCCCCCCCCC)[C@H]1NC(=O)C[C@H](O)CCCCCCC. The van der Waals surface area contributed by atoms with E-state index in [1.54, 1.807) is 0 Å². The minimum Gasteiger partial charge on any atom is -0.457 e. The van der Waals surface area contributed by atoms with E-state index in [0.717, 1.165) is 83.5 Å². The van der Waals surface area contributed by atoms with E-state index in [-0.39, 0.29) is 19.3 Å². The second kappa shape index (κ2) is 38.6. The maximum Gasteiger partial charge on any atom is 0.470 e. The number of aliphatic hydroxyl groups is 2. The molecular formula is C48H92NO12P. The summed E-state index contributed by atoms with van der Waals surface area (Å²) >= 11 is 0. The summed E-state index contributed by atoms with van der Waals surface area (Å²) in [6.45, 7) is 5.74. The minimum absolute atomic E-state index is 0.00184. The van der Waals surface area contributed by atoms with Crippen molar-refractivity contribution in [3.63, 3.8) is 0 Å². The van der Waals surface area contributed by atoms with Gasteiger partial charge in [-0.15, -0.1) is 0 Å². The van der Waals surface area contributed by atoms with Crippen LogP contribution in [-0.4, -0.2) is 81.2 Å². The molecule has 0 aliphatic carbocycles. The first-order valence-corrected chi connectivity index (χ1v) is 26.8. The topological polar surface area (TPSA) is 198 Å². The van der Waals surface area contributed by atoms with Crippen LogP contribution in [0.1, 0.15) is 245 Å². The zero-order valence-corrected chi connectivity index (χ0v) is 40.3. The number of phosphoric acid groups is 1. The van der Waals surface area contributed by atoms with Crippen molar-refractivity contribution in [1.29, 1.82) is 0 Å². The third-order valence-electron chi connectivity index (χ3n) is 12.0. The van der Waals surface area contributed by atoms with Crippen LogP contribution in [0, 0.1) is 0 Å². The molecule has 0 saturated carbocycles. The van der Waals surface area contributed by atoms with Crippen LogP contribution in [0.25, 0.3) is 0 Å². The van der Waals surface area contributed by atoms with Crippen LogP contribution in [0.2, 0.25) is 0 Å². The van der Waals surface area contributed by atoms with Gasteiger partial charge in [0.2, 0.25) is 12.2 Å². The molecule has 1 fully saturated rings. The highest BCUT2D eigenvalue weighted by molar-refractivity contribution is 7.46. The summed E-state index contributed by atoms with van der Waals surface area (Å²) in [5, 5.41) is 23.7. The lowest BCUT2D eigenvalue weighted by Crippen LogP contribution is -2.66. The van der Waals surface area contributed by atoms with E-state index in [0.29, 0.717) is 19.3 Å². The Morgan fingerprint density at radius 1 is 0.565 bits per heavy atom. The van der Waals surface area contributed by atoms with Crippen LogP contribution in [0.5, 0.6) is 0 Å². The van der Waals surface area contributed by atoms with Crippen molar-refractivity contribution in [1.82, 2.24) is 5.32 Å². The van der Waals surface area contributed by atoms with Crippen molar-refractivity contribution in [2.75, 3.05) is 6.61 Å². The summed E-state index contributed by atoms with van der Waals surface area (Å²) in [7, 11) is -5.25. The van der Waals surface area contributed by atoms with Crippen molar-refractivity contribution in [3.8, 4) is 0 Å². The predicted molar refractivity (Wildman–Crippen MR) is 245 cm³/mol. The van der Waals surface area contributed by atoms with Gasteiger partial charge in [-0.3, -0.25) is 18.9 Å². The fourth-order valence-electron chi connectivity index (χ4n) is 8.25. The number of phosphoric ester groups is 1. The Balaban J connectivity index is 2.89. The number of aliphatic hydroxyl groups excluding tert-OH is 2. The van der Waals surface area contributed by atoms with Gasteiger partial charge in [0.15, 0.2) is 6.10 Å². The molecule has 6 atom stereocenters. The Labute approximate surface area is 376 Å². The van der Waals surface area contributed by atoms with Gasteiger partial charge in [-0.1, -0.05) is 207 Å². The monoisotopic (exact) mass is 906 g/mol. The van der Waals surface area contributed by atoms with Crippen LogP contribution in [0.3, 0.4) is 0 Å². The zero-order chi connectivity index (χ0) is 45.7. The largest absolute Gasteiger partial charge is 0.470 e. The number of unbranched alkanes of at least 4 members (excludes halogenated alkanes) is 28. The Hall–Kier alpha value is -1.60. The molecule has 13 nitrogen and oxygen atoms in total. The van der Waals surface area contributed by atoms with Crippen molar-refractivity contribution in [2.45, 2.75) is 282 Å². The molecule has 0 unspecified atom stereocenters. The van der Waals surface area contributed by atoms with Gasteiger partial charge < -0.3 is 39.5 Å². The Morgan fingerprint density at radius 2 is 0.935 bits per heavy atom. The van der Waals surface area contributed by atoms with Crippen molar-refractivity contribution in [3.05, 3.63) is 0 Å². The number of nitrogens with one attached hydrogen (secondary N) is 1. The van der Waals surface area contributed by atoms with E-state index < -0.39 is 69.0 Å². The average molecular weight is 906 g/mol. The summed E-state index contributed by atoms with van der Waals surface area (Å²) in [5.41, 5.74) is 0. The van der Waals surface area contributed by atoms with Crippen LogP contribution >= 0.6 is 7.82 Å². The molecule has 0 aromatic rings. The molecule has 1 aliphatic heterocycles. The molecule has 0 aromatic carbocycles. The molecular weight excluding hydrogens is 813 g/mol. The standard InChI is InChI=1S/C48H92NO12P/c1-4-7-10-13-15-17-19-20-21-22-24-26-28-31-34-37-44(54)60-48-45(49-42(52)38-40(51)35-32-29-12-9-6-3)47(46(41(39-50)58-48)61-62(55,56)57)59-43(53)36-33-30-27-25-23-18-16-14-11-8-5-2/h40-41,45-48,50-51H,4-39H2,1-3H3,(H,49,52)(H2,55,56,57)/t40-,41-,45-,46-,47-,48-/m1/s1. The van der Waals surface area contributed by atoms with E-state index in [2.05, 4.69) is 26.1 Å². The molecule has 1 heterocycles. The molecule has 0 radical (unpaired) electrons. The smallest absolute Gasteiger partial charge is 0.457 e. The fraction of sp³-hybridized carbons (Fsp3) is 0.938. The van der Waals surface area contributed by atoms with Crippen LogP contribution < -0.4 is 5.32 Å². The normalized spacial score (nSPS) is 19.6. The summed E-state index contributed by atoms with van der Waals surface area (Å²) in [6.07, 6.45) is 27.2. The zero-order valence-electron chi connectivity index (χ0n) is 39.4. The van der Waals surface area contributed by atoms with Crippen LogP contribution in [-0.2, 0) is 37.7 Å². The van der Waals surface area contributed by atoms with Gasteiger partial charge in [0.25, 0.3) is 0 Å². The van der Waals surface area contributed by atoms with E-state index in [1.807, 2.05) is 0 Å². The number of ether oxygens (including phenoxy) is 3. The lowest BCUT2D eigenvalue weighted by atomic mass is 9.96. The Morgan fingerprint density at radius 3 is 1.32 bits per heavy atom. The third kappa shape index (κ3) is 31.3. The molecule has 1 aliphatic rings. The van der Waals surface area contributed by atoms with E-state index in [1.165, 1.54) is 103 Å². The third-order valence-corrected chi connectivity index (χ3v) is 12.5. The lowest BCUT2D eigenvalue weighted by molar-refractivity contribution is -0.264. The summed E-state index contributed by atoms with van der Waals surface area (Å²) in [4.78, 5) is 59.7. The molecule has 0 spiro atoms. The van der Waals surface area contributed by atoms with Gasteiger partial charge in [0.05, 0.1) is 19.1 Å². The molecule has 62 heavy (non-hydrogen) atoms. The highest BCUT2D eigenvalue weighted by Gasteiger charge is 2.53. The van der Waals surface area contributed by atoms with Gasteiger partial charge in [-0.2, -0.15) is 0 Å². The average Bonchev–Trinajstić information content (AvgIpc) is 3.22. The molecule has 1 amide bonds. The maximum atomic E-state index is 13.4. The highest BCUT2D eigenvalue weighted by atomic mass is 31.2. The lowest BCUT2D eigenvalue weighted by Gasteiger charge is -2.44. The molecule has 14 heteroatoms. The summed E-state index contributed by atoms with van der Waals surface area (Å²) in [6, 6.07) is -1.45.